The molecule has 0 aliphatic rings. The second-order valence-corrected chi connectivity index (χ2v) is 3.03. The Labute approximate surface area is 87.7 Å². The summed E-state index contributed by atoms with van der Waals surface area (Å²) < 4.78 is 6.78. The van der Waals surface area contributed by atoms with Crippen molar-refractivity contribution in [2.24, 2.45) is 0 Å². The Morgan fingerprint density at radius 3 is 2.33 bits per heavy atom. The average Bonchev–Trinajstić information content (AvgIpc) is 2.22. The summed E-state index contributed by atoms with van der Waals surface area (Å²) in [4.78, 5) is 21.4. The molecule has 0 bridgehead atoms. The number of aliphatic hydroxyl groups excluding tert-OH is 4. The van der Waals surface area contributed by atoms with Crippen molar-refractivity contribution in [3.63, 3.8) is 0 Å². The second-order valence-electron chi connectivity index (χ2n) is 3.03. The molecule has 0 radical (unpaired) electrons. The number of amides is 1. The molecule has 0 fully saturated rings. The first-order valence-corrected chi connectivity index (χ1v) is 4.23. The molecule has 7 nitrogen and oxygen atoms in total. The molecule has 0 saturated heterocycles. The molecule has 0 rings (SSSR count). The number of rotatable bonds is 6. The van der Waals surface area contributed by atoms with E-state index in [9.17, 15) is 19.8 Å². The van der Waals surface area contributed by atoms with Gasteiger partial charge in [0.15, 0.2) is 0 Å². The van der Waals surface area contributed by atoms with Crippen molar-refractivity contribution in [3.05, 3.63) is 0 Å². The Morgan fingerprint density at radius 2 is 2.00 bits per heavy atom. The van der Waals surface area contributed by atoms with Gasteiger partial charge in [-0.3, -0.25) is 4.79 Å². The molecule has 1 amide bonds. The summed E-state index contributed by atoms with van der Waals surface area (Å²) in [5.41, 5.74) is 0. The number of aldehydes is 1. The van der Waals surface area contributed by atoms with Gasteiger partial charge in [-0.2, -0.15) is 0 Å². The van der Waals surface area contributed by atoms with E-state index >= 15 is 0 Å². The molecule has 0 aromatic rings. The summed E-state index contributed by atoms with van der Waals surface area (Å²) in [6, 6.07) is -1.64. The minimum Gasteiger partial charge on any atom is -0.394 e. The van der Waals surface area contributed by atoms with Crippen LogP contribution in [0.4, 0.5) is 0 Å². The predicted octanol–water partition coefficient (Wildman–Crippen LogP) is -3.23. The van der Waals surface area contributed by atoms with E-state index in [1.165, 1.54) is 0 Å². The van der Waals surface area contributed by atoms with Crippen molar-refractivity contribution in [1.29, 1.82) is 0 Å². The topological polar surface area (TPSA) is 127 Å². The number of nitrogens with one attached hydrogen (secondary N) is 1. The van der Waals surface area contributed by atoms with Gasteiger partial charge in [-0.1, -0.05) is 0 Å². The van der Waals surface area contributed by atoms with Crippen LogP contribution >= 0.6 is 0 Å². The van der Waals surface area contributed by atoms with Crippen molar-refractivity contribution >= 4 is 12.2 Å². The van der Waals surface area contributed by atoms with E-state index in [2.05, 4.69) is 0 Å². The van der Waals surface area contributed by atoms with E-state index in [0.29, 0.717) is 0 Å². The lowest BCUT2D eigenvalue weighted by atomic mass is 10.0. The molecular weight excluding hydrogens is 206 g/mol. The summed E-state index contributed by atoms with van der Waals surface area (Å²) in [6.07, 6.45) is -6.68. The van der Waals surface area contributed by atoms with Crippen molar-refractivity contribution < 1.29 is 31.4 Å². The molecule has 0 saturated carbocycles. The lowest BCUT2D eigenvalue weighted by Crippen LogP contribution is -2.53. The van der Waals surface area contributed by atoms with E-state index in [-0.39, 0.29) is 0 Å². The van der Waals surface area contributed by atoms with Crippen LogP contribution in [0, 0.1) is 0 Å². The third-order valence-electron chi connectivity index (χ3n) is 1.76. The number of carbonyl (C=O) groups excluding carboxylic acids is 2. The van der Waals surface area contributed by atoms with E-state index in [1.807, 2.05) is 5.32 Å². The molecular formula is C8H15NO6. The van der Waals surface area contributed by atoms with Gasteiger partial charge in [0.05, 0.1) is 6.61 Å². The summed E-state index contributed by atoms with van der Waals surface area (Å²) in [5, 5.41) is 38.2. The van der Waals surface area contributed by atoms with Crippen molar-refractivity contribution in [3.8, 4) is 0 Å². The SMILES string of the molecule is [2H]C(=O)[C@H](NC(C)=O)[C@@H](O)[C@@H](O)[C@H](O)CO. The molecule has 5 N–H and O–H groups in total. The Balaban J connectivity index is 4.66. The highest BCUT2D eigenvalue weighted by molar-refractivity contribution is 5.77. The standard InChI is InChI=1S/C8H15NO6/c1-4(12)9-5(2-10)7(14)8(15)6(13)3-11/h2,5-8,11,13-15H,3H2,1H3,(H,9,12)/t5-,6+,7+,8-/m0/s1/i2D. The van der Waals surface area contributed by atoms with Crippen LogP contribution in [0.5, 0.6) is 0 Å². The number of hydrogen-bond donors (Lipinski definition) is 5. The Kier molecular flexibility index (Phi) is 5.19. The minimum absolute atomic E-state index is 0.671. The van der Waals surface area contributed by atoms with Gasteiger partial charge in [0.25, 0.3) is 0 Å². The molecule has 88 valence electrons. The van der Waals surface area contributed by atoms with Gasteiger partial charge in [0, 0.05) is 6.92 Å². The molecule has 0 aliphatic carbocycles. The zero-order valence-corrected chi connectivity index (χ0v) is 8.12. The molecule has 0 aromatic carbocycles. The lowest BCUT2D eigenvalue weighted by Gasteiger charge is -2.25. The van der Waals surface area contributed by atoms with E-state index < -0.39 is 43.1 Å². The highest BCUT2D eigenvalue weighted by atomic mass is 16.4. The second kappa shape index (κ2) is 6.46. The quantitative estimate of drug-likeness (QED) is 0.301. The molecule has 0 unspecified atom stereocenters. The largest absolute Gasteiger partial charge is 0.394 e. The number of aliphatic hydroxyl groups is 4. The van der Waals surface area contributed by atoms with Gasteiger partial charge in [0.2, 0.25) is 5.91 Å². The predicted molar refractivity (Wildman–Crippen MR) is 48.8 cm³/mol. The summed E-state index contributed by atoms with van der Waals surface area (Å²) in [5.74, 6) is -0.671. The first kappa shape index (κ1) is 12.1. The third-order valence-corrected chi connectivity index (χ3v) is 1.76. The van der Waals surface area contributed by atoms with Gasteiger partial charge < -0.3 is 30.5 Å². The fourth-order valence-corrected chi connectivity index (χ4v) is 0.936. The molecule has 0 spiro atoms. The third kappa shape index (κ3) is 4.34. The Morgan fingerprint density at radius 1 is 1.47 bits per heavy atom. The van der Waals surface area contributed by atoms with Crippen LogP contribution in [0.2, 0.25) is 0 Å². The fourth-order valence-electron chi connectivity index (χ4n) is 0.936. The summed E-state index contributed by atoms with van der Waals surface area (Å²) in [6.45, 7) is 0.245. The van der Waals surface area contributed by atoms with Crippen molar-refractivity contribution in [1.82, 2.24) is 5.32 Å². The molecule has 7 heteroatoms. The normalized spacial score (nSPS) is 19.7. The van der Waals surface area contributed by atoms with Gasteiger partial charge in [-0.25, -0.2) is 0 Å². The minimum atomic E-state index is -1.86. The van der Waals surface area contributed by atoms with Crippen LogP contribution < -0.4 is 5.32 Å². The van der Waals surface area contributed by atoms with Crippen LogP contribution in [0.1, 0.15) is 8.29 Å². The molecule has 4 atom stereocenters. The van der Waals surface area contributed by atoms with Crippen LogP contribution in [-0.2, 0) is 9.59 Å². The van der Waals surface area contributed by atoms with Crippen LogP contribution in [0.15, 0.2) is 0 Å². The van der Waals surface area contributed by atoms with Gasteiger partial charge in [-0.05, 0) is 0 Å². The molecule has 15 heavy (non-hydrogen) atoms. The van der Waals surface area contributed by atoms with Crippen LogP contribution in [-0.4, -0.2) is 63.6 Å². The van der Waals surface area contributed by atoms with Gasteiger partial charge >= 0.3 is 0 Å². The first-order valence-electron chi connectivity index (χ1n) is 4.73. The van der Waals surface area contributed by atoms with Crippen molar-refractivity contribution in [2.75, 3.05) is 6.61 Å². The van der Waals surface area contributed by atoms with Crippen molar-refractivity contribution in [2.45, 2.75) is 31.3 Å². The van der Waals surface area contributed by atoms with Crippen LogP contribution in [0.25, 0.3) is 0 Å². The molecule has 0 aromatic heterocycles. The monoisotopic (exact) mass is 222 g/mol. The zero-order chi connectivity index (χ0) is 12.9. The zero-order valence-electron chi connectivity index (χ0n) is 9.12. The maximum Gasteiger partial charge on any atom is 0.217 e. The Bertz CT molecular complexity index is 261. The van der Waals surface area contributed by atoms with E-state index in [0.717, 1.165) is 6.92 Å². The maximum atomic E-state index is 10.8. The van der Waals surface area contributed by atoms with Gasteiger partial charge in [0.1, 0.15) is 32.0 Å². The summed E-state index contributed by atoms with van der Waals surface area (Å²) in [7, 11) is 0. The molecule has 0 aliphatic heterocycles. The highest BCUT2D eigenvalue weighted by Crippen LogP contribution is 2.03. The fraction of sp³-hybridized carbons (Fsp3) is 0.750. The molecule has 0 heterocycles. The number of hydrogen-bond acceptors (Lipinski definition) is 6. The smallest absolute Gasteiger partial charge is 0.217 e. The van der Waals surface area contributed by atoms with E-state index in [4.69, 9.17) is 11.6 Å². The maximum absolute atomic E-state index is 10.8. The van der Waals surface area contributed by atoms with Crippen LogP contribution in [0.3, 0.4) is 0 Å². The van der Waals surface area contributed by atoms with E-state index in [1.54, 1.807) is 0 Å². The summed E-state index contributed by atoms with van der Waals surface area (Å²) >= 11 is 0. The number of carbonyl (C=O) groups is 2. The average molecular weight is 222 g/mol. The van der Waals surface area contributed by atoms with Gasteiger partial charge in [-0.15, -0.1) is 0 Å². The highest BCUT2D eigenvalue weighted by Gasteiger charge is 2.31. The lowest BCUT2D eigenvalue weighted by molar-refractivity contribution is -0.129. The first-order chi connectivity index (χ1) is 7.31. The Hall–Kier alpha value is -1.02.